The number of sulfonamides is 1. The van der Waals surface area contributed by atoms with Gasteiger partial charge in [-0.15, -0.1) is 11.3 Å². The molecule has 0 spiro atoms. The number of nitrogens with zero attached hydrogens (tertiary/aromatic N) is 2. The highest BCUT2D eigenvalue weighted by Gasteiger charge is 2.34. The molecule has 2 aromatic rings. The number of hydrogen-bond donors (Lipinski definition) is 1. The van der Waals surface area contributed by atoms with Gasteiger partial charge in [0, 0.05) is 38.8 Å². The molecule has 0 saturated carbocycles. The predicted molar refractivity (Wildman–Crippen MR) is 123 cm³/mol. The number of carbonyl (C=O) groups is 1. The van der Waals surface area contributed by atoms with E-state index in [0.717, 1.165) is 45.3 Å². The Bertz CT molecular complexity index is 983. The minimum atomic E-state index is -3.49. The van der Waals surface area contributed by atoms with Gasteiger partial charge < -0.3 is 5.32 Å². The van der Waals surface area contributed by atoms with Gasteiger partial charge in [-0.1, -0.05) is 30.3 Å². The Balaban J connectivity index is 1.27. The Hall–Kier alpha value is -1.74. The van der Waals surface area contributed by atoms with Gasteiger partial charge in [-0.25, -0.2) is 8.42 Å². The van der Waals surface area contributed by atoms with E-state index in [-0.39, 0.29) is 24.4 Å². The molecule has 0 aliphatic carbocycles. The zero-order valence-electron chi connectivity index (χ0n) is 18.0. The Kier molecular flexibility index (Phi) is 7.11. The van der Waals surface area contributed by atoms with E-state index in [0.29, 0.717) is 10.8 Å². The number of hydrogen-bond acceptors (Lipinski definition) is 5. The number of rotatable bonds is 6. The minimum absolute atomic E-state index is 0.00318. The zero-order valence-corrected chi connectivity index (χ0v) is 19.6. The molecule has 2 aliphatic heterocycles. The van der Waals surface area contributed by atoms with Gasteiger partial charge in [0.25, 0.3) is 10.0 Å². The van der Waals surface area contributed by atoms with Crippen molar-refractivity contribution in [2.75, 3.05) is 26.2 Å². The fourth-order valence-corrected chi connectivity index (χ4v) is 7.16. The van der Waals surface area contributed by atoms with Crippen LogP contribution in [0.3, 0.4) is 0 Å². The van der Waals surface area contributed by atoms with Crippen LogP contribution in [0.25, 0.3) is 0 Å². The van der Waals surface area contributed by atoms with E-state index in [1.807, 2.05) is 0 Å². The lowest BCUT2D eigenvalue weighted by Gasteiger charge is -2.35. The molecule has 2 saturated heterocycles. The van der Waals surface area contributed by atoms with Crippen LogP contribution in [0.2, 0.25) is 0 Å². The van der Waals surface area contributed by atoms with Crippen LogP contribution >= 0.6 is 11.3 Å². The first kappa shape index (κ1) is 22.5. The number of piperidine rings is 2. The maximum atomic E-state index is 12.9. The quantitative estimate of drug-likeness (QED) is 0.717. The number of likely N-dealkylation sites (tertiary alicyclic amines) is 1. The topological polar surface area (TPSA) is 69.7 Å². The molecule has 8 heteroatoms. The van der Waals surface area contributed by atoms with E-state index in [4.69, 9.17) is 0 Å². The van der Waals surface area contributed by atoms with Gasteiger partial charge in [-0.2, -0.15) is 4.31 Å². The molecule has 1 N–H and O–H groups in total. The second kappa shape index (κ2) is 9.81. The molecule has 168 valence electrons. The summed E-state index contributed by atoms with van der Waals surface area (Å²) in [5, 5.41) is 4.98. The Morgan fingerprint density at radius 1 is 1.10 bits per heavy atom. The molecule has 31 heavy (non-hydrogen) atoms. The van der Waals surface area contributed by atoms with E-state index >= 15 is 0 Å². The number of amides is 1. The number of aryl methyl sites for hydroxylation is 1. The molecule has 0 bridgehead atoms. The summed E-state index contributed by atoms with van der Waals surface area (Å²) in [6, 6.07) is 12.0. The van der Waals surface area contributed by atoms with Crippen LogP contribution < -0.4 is 5.32 Å². The van der Waals surface area contributed by atoms with Crippen molar-refractivity contribution in [3.63, 3.8) is 0 Å². The summed E-state index contributed by atoms with van der Waals surface area (Å²) in [5.74, 6) is -0.267. The predicted octanol–water partition coefficient (Wildman–Crippen LogP) is 3.24. The van der Waals surface area contributed by atoms with Crippen molar-refractivity contribution in [3.05, 3.63) is 52.9 Å². The highest BCUT2D eigenvalue weighted by molar-refractivity contribution is 7.91. The summed E-state index contributed by atoms with van der Waals surface area (Å²) in [6.07, 6.45) is 3.33. The third kappa shape index (κ3) is 5.37. The van der Waals surface area contributed by atoms with Crippen LogP contribution in [0.4, 0.5) is 0 Å². The molecule has 2 fully saturated rings. The van der Waals surface area contributed by atoms with Gasteiger partial charge in [0.2, 0.25) is 5.91 Å². The molecular weight excluding hydrogens is 430 g/mol. The van der Waals surface area contributed by atoms with Gasteiger partial charge >= 0.3 is 0 Å². The highest BCUT2D eigenvalue weighted by atomic mass is 32.2. The lowest BCUT2D eigenvalue weighted by molar-refractivity contribution is -0.127. The molecule has 3 heterocycles. The Labute approximate surface area is 189 Å². The second-order valence-electron chi connectivity index (χ2n) is 8.62. The van der Waals surface area contributed by atoms with Crippen molar-refractivity contribution in [3.8, 4) is 0 Å². The van der Waals surface area contributed by atoms with Crippen LogP contribution in [0.1, 0.15) is 36.8 Å². The van der Waals surface area contributed by atoms with Crippen LogP contribution in [-0.4, -0.2) is 55.8 Å². The fraction of sp³-hybridized carbons (Fsp3) is 0.522. The number of thiophene rings is 1. The van der Waals surface area contributed by atoms with Gasteiger partial charge in [0.05, 0.1) is 5.92 Å². The SMILES string of the molecule is Cc1ccccc1CN1CCC(NC(=O)C2CCCN(S(=O)(=O)c3cccs3)C2)CC1. The van der Waals surface area contributed by atoms with Gasteiger partial charge in [0.15, 0.2) is 0 Å². The highest BCUT2D eigenvalue weighted by Crippen LogP contribution is 2.27. The summed E-state index contributed by atoms with van der Waals surface area (Å²) in [7, 11) is -3.49. The maximum absolute atomic E-state index is 12.9. The summed E-state index contributed by atoms with van der Waals surface area (Å²) in [6.45, 7) is 5.78. The average Bonchev–Trinajstić information content (AvgIpc) is 3.33. The average molecular weight is 462 g/mol. The summed E-state index contributed by atoms with van der Waals surface area (Å²) >= 11 is 1.23. The van der Waals surface area contributed by atoms with Crippen molar-refractivity contribution in [2.24, 2.45) is 5.92 Å². The lowest BCUT2D eigenvalue weighted by Crippen LogP contribution is -2.50. The lowest BCUT2D eigenvalue weighted by atomic mass is 9.97. The van der Waals surface area contributed by atoms with Crippen molar-refractivity contribution in [1.29, 1.82) is 0 Å². The molecule has 1 unspecified atom stereocenters. The molecular formula is C23H31N3O3S2. The first-order chi connectivity index (χ1) is 14.9. The maximum Gasteiger partial charge on any atom is 0.252 e. The van der Waals surface area contributed by atoms with E-state index < -0.39 is 10.0 Å². The summed E-state index contributed by atoms with van der Waals surface area (Å²) in [4.78, 5) is 15.3. The largest absolute Gasteiger partial charge is 0.353 e. The van der Waals surface area contributed by atoms with Gasteiger partial charge in [0.1, 0.15) is 4.21 Å². The molecule has 1 aromatic carbocycles. The summed E-state index contributed by atoms with van der Waals surface area (Å²) < 4.78 is 27.5. The number of nitrogens with one attached hydrogen (secondary N) is 1. The smallest absolute Gasteiger partial charge is 0.252 e. The van der Waals surface area contributed by atoms with Crippen molar-refractivity contribution < 1.29 is 13.2 Å². The molecule has 1 aromatic heterocycles. The molecule has 1 amide bonds. The van der Waals surface area contributed by atoms with Crippen molar-refractivity contribution in [2.45, 2.75) is 49.4 Å². The van der Waals surface area contributed by atoms with Crippen LogP contribution in [0.15, 0.2) is 46.0 Å². The first-order valence-corrected chi connectivity index (χ1v) is 13.4. The zero-order chi connectivity index (χ0) is 21.8. The minimum Gasteiger partial charge on any atom is -0.353 e. The van der Waals surface area contributed by atoms with E-state index in [1.54, 1.807) is 17.5 Å². The summed E-state index contributed by atoms with van der Waals surface area (Å²) in [5.41, 5.74) is 2.68. The number of carbonyl (C=O) groups excluding carboxylic acids is 1. The van der Waals surface area contributed by atoms with Gasteiger partial charge in [-0.05, 0) is 55.2 Å². The molecule has 4 rings (SSSR count). The monoisotopic (exact) mass is 461 g/mol. The molecule has 6 nitrogen and oxygen atoms in total. The Morgan fingerprint density at radius 2 is 1.87 bits per heavy atom. The standard InChI is InChI=1S/C23H31N3O3S2/c1-18-6-2-3-7-19(18)16-25-13-10-21(11-14-25)24-23(27)20-8-4-12-26(17-20)31(28,29)22-9-5-15-30-22/h2-3,5-7,9,15,20-21H,4,8,10-14,16-17H2,1H3,(H,24,27). The first-order valence-electron chi connectivity index (χ1n) is 11.0. The Morgan fingerprint density at radius 3 is 2.58 bits per heavy atom. The van der Waals surface area contributed by atoms with Crippen LogP contribution in [0, 0.1) is 12.8 Å². The normalized spacial score (nSPS) is 21.8. The van der Waals surface area contributed by atoms with Crippen LogP contribution in [0.5, 0.6) is 0 Å². The van der Waals surface area contributed by atoms with E-state index in [2.05, 4.69) is 41.4 Å². The third-order valence-electron chi connectivity index (χ3n) is 6.43. The van der Waals surface area contributed by atoms with Crippen molar-refractivity contribution in [1.82, 2.24) is 14.5 Å². The molecule has 2 aliphatic rings. The van der Waals surface area contributed by atoms with Crippen molar-refractivity contribution >= 4 is 27.3 Å². The third-order valence-corrected chi connectivity index (χ3v) is 9.67. The molecule has 0 radical (unpaired) electrons. The molecule has 1 atom stereocenters. The van der Waals surface area contributed by atoms with Gasteiger partial charge in [-0.3, -0.25) is 9.69 Å². The van der Waals surface area contributed by atoms with Crippen LogP contribution in [-0.2, 0) is 21.4 Å². The van der Waals surface area contributed by atoms with E-state index in [1.165, 1.54) is 26.8 Å². The van der Waals surface area contributed by atoms with E-state index in [9.17, 15) is 13.2 Å². The second-order valence-corrected chi connectivity index (χ2v) is 11.7. The number of benzene rings is 1. The fourth-order valence-electron chi connectivity index (χ4n) is 4.50.